The molecule has 0 saturated carbocycles. The van der Waals surface area contributed by atoms with Crippen LogP contribution in [0.25, 0.3) is 0 Å². The van der Waals surface area contributed by atoms with Gasteiger partial charge in [-0.2, -0.15) is 0 Å². The molecule has 0 saturated heterocycles. The van der Waals surface area contributed by atoms with Crippen LogP contribution in [0.3, 0.4) is 0 Å². The third kappa shape index (κ3) is 5.42. The van der Waals surface area contributed by atoms with Crippen molar-refractivity contribution in [3.05, 3.63) is 18.7 Å². The highest BCUT2D eigenvalue weighted by molar-refractivity contribution is 5.79. The Balaban J connectivity index is 2.22. The minimum absolute atomic E-state index is 0.0660. The van der Waals surface area contributed by atoms with Gasteiger partial charge in [0.2, 0.25) is 12.2 Å². The van der Waals surface area contributed by atoms with Crippen molar-refractivity contribution in [2.24, 2.45) is 11.8 Å². The highest BCUT2D eigenvalue weighted by Gasteiger charge is 2.22. The predicted molar refractivity (Wildman–Crippen MR) is 73.8 cm³/mol. The number of carboxylic acid groups (broad SMARTS) is 1. The lowest BCUT2D eigenvalue weighted by Gasteiger charge is -2.16. The first-order chi connectivity index (χ1) is 9.54. The van der Waals surface area contributed by atoms with Crippen molar-refractivity contribution in [1.82, 2.24) is 10.3 Å². The molecule has 0 bridgehead atoms. The Morgan fingerprint density at radius 1 is 1.45 bits per heavy atom. The largest absolute Gasteiger partial charge is 0.481 e. The molecule has 0 aromatic carbocycles. The molecular weight excluding hydrogens is 258 g/mol. The number of carbonyl (C=O) groups excluding carboxylic acids is 1. The number of imidazole rings is 1. The van der Waals surface area contributed by atoms with Crippen molar-refractivity contribution in [3.8, 4) is 0 Å². The second kappa shape index (κ2) is 8.35. The lowest BCUT2D eigenvalue weighted by molar-refractivity contribution is -0.695. The number of H-pyrrole nitrogens is 1. The molecule has 2 atom stereocenters. The van der Waals surface area contributed by atoms with Crippen LogP contribution < -0.4 is 9.88 Å². The number of rotatable bonds is 9. The van der Waals surface area contributed by atoms with Crippen LogP contribution in [-0.2, 0) is 16.1 Å². The maximum absolute atomic E-state index is 11.9. The van der Waals surface area contributed by atoms with Crippen molar-refractivity contribution in [2.75, 3.05) is 6.54 Å². The number of aromatic amines is 1. The van der Waals surface area contributed by atoms with E-state index in [4.69, 9.17) is 5.11 Å². The number of hydrogen-bond acceptors (Lipinski definition) is 2. The van der Waals surface area contributed by atoms with Gasteiger partial charge in [-0.15, -0.1) is 0 Å². The lowest BCUT2D eigenvalue weighted by Crippen LogP contribution is -2.36. The van der Waals surface area contributed by atoms with Crippen LogP contribution in [0.2, 0.25) is 0 Å². The van der Waals surface area contributed by atoms with Gasteiger partial charge in [0.1, 0.15) is 12.4 Å². The van der Waals surface area contributed by atoms with Gasteiger partial charge < -0.3 is 10.4 Å². The normalized spacial score (nSPS) is 13.7. The van der Waals surface area contributed by atoms with Gasteiger partial charge in [-0.3, -0.25) is 14.6 Å². The molecule has 0 radical (unpaired) electrons. The Hall–Kier alpha value is -1.85. The molecule has 1 amide bonds. The summed E-state index contributed by atoms with van der Waals surface area (Å²) in [7, 11) is 0. The Labute approximate surface area is 119 Å². The highest BCUT2D eigenvalue weighted by atomic mass is 16.4. The Morgan fingerprint density at radius 2 is 2.20 bits per heavy atom. The molecule has 0 spiro atoms. The first-order valence-electron chi connectivity index (χ1n) is 7.07. The van der Waals surface area contributed by atoms with Crippen LogP contribution >= 0.6 is 0 Å². The van der Waals surface area contributed by atoms with Gasteiger partial charge in [0, 0.05) is 18.9 Å². The highest BCUT2D eigenvalue weighted by Crippen LogP contribution is 2.15. The summed E-state index contributed by atoms with van der Waals surface area (Å²) in [5, 5.41) is 11.8. The van der Waals surface area contributed by atoms with Crippen molar-refractivity contribution in [3.63, 3.8) is 0 Å². The molecule has 6 heteroatoms. The molecule has 1 aromatic heterocycles. The molecule has 1 heterocycles. The maximum Gasteiger partial charge on any atom is 0.306 e. The van der Waals surface area contributed by atoms with Crippen molar-refractivity contribution in [2.45, 2.75) is 39.7 Å². The van der Waals surface area contributed by atoms with Crippen LogP contribution in [0.15, 0.2) is 18.7 Å². The first-order valence-corrected chi connectivity index (χ1v) is 7.07. The summed E-state index contributed by atoms with van der Waals surface area (Å²) in [4.78, 5) is 25.8. The maximum atomic E-state index is 11.9. The minimum atomic E-state index is -0.823. The van der Waals surface area contributed by atoms with Crippen LogP contribution in [0, 0.1) is 11.8 Å². The van der Waals surface area contributed by atoms with E-state index in [1.807, 2.05) is 30.2 Å². The molecule has 1 rings (SSSR count). The molecule has 1 aromatic rings. The average molecular weight is 282 g/mol. The third-order valence-corrected chi connectivity index (χ3v) is 3.42. The van der Waals surface area contributed by atoms with Gasteiger partial charge in [0.15, 0.2) is 0 Å². The fourth-order valence-electron chi connectivity index (χ4n) is 2.08. The SMILES string of the molecule is CCC(CC(C)C(=O)NCCC[n+]1cc[nH]c1)C(=O)O. The second-order valence-electron chi connectivity index (χ2n) is 5.07. The Kier molecular flexibility index (Phi) is 6.76. The van der Waals surface area contributed by atoms with E-state index in [0.717, 1.165) is 13.0 Å². The third-order valence-electron chi connectivity index (χ3n) is 3.42. The van der Waals surface area contributed by atoms with E-state index in [2.05, 4.69) is 10.3 Å². The number of hydrogen-bond donors (Lipinski definition) is 3. The van der Waals surface area contributed by atoms with E-state index < -0.39 is 11.9 Å². The van der Waals surface area contributed by atoms with Crippen molar-refractivity contribution < 1.29 is 19.3 Å². The van der Waals surface area contributed by atoms with Crippen LogP contribution in [0.5, 0.6) is 0 Å². The van der Waals surface area contributed by atoms with Gasteiger partial charge in [-0.25, -0.2) is 4.57 Å². The Bertz CT molecular complexity index is 417. The van der Waals surface area contributed by atoms with E-state index in [9.17, 15) is 9.59 Å². The molecule has 2 unspecified atom stereocenters. The molecule has 20 heavy (non-hydrogen) atoms. The number of aryl methyl sites for hydroxylation is 1. The lowest BCUT2D eigenvalue weighted by atomic mass is 9.93. The fraction of sp³-hybridized carbons (Fsp3) is 0.643. The molecule has 0 aliphatic rings. The zero-order valence-corrected chi connectivity index (χ0v) is 12.1. The van der Waals surface area contributed by atoms with E-state index >= 15 is 0 Å². The number of amides is 1. The summed E-state index contributed by atoms with van der Waals surface area (Å²) >= 11 is 0. The van der Waals surface area contributed by atoms with E-state index in [1.165, 1.54) is 0 Å². The van der Waals surface area contributed by atoms with Crippen LogP contribution in [0.4, 0.5) is 0 Å². The molecule has 6 nitrogen and oxygen atoms in total. The van der Waals surface area contributed by atoms with E-state index in [-0.39, 0.29) is 11.8 Å². The minimum Gasteiger partial charge on any atom is -0.481 e. The average Bonchev–Trinajstić information content (AvgIpc) is 2.93. The number of carbonyl (C=O) groups is 2. The molecule has 0 aliphatic carbocycles. The number of aliphatic carboxylic acids is 1. The van der Waals surface area contributed by atoms with Crippen molar-refractivity contribution in [1.29, 1.82) is 0 Å². The molecule has 3 N–H and O–H groups in total. The number of aromatic nitrogens is 2. The van der Waals surface area contributed by atoms with Crippen LogP contribution in [-0.4, -0.2) is 28.5 Å². The zero-order valence-electron chi connectivity index (χ0n) is 12.1. The second-order valence-corrected chi connectivity index (χ2v) is 5.07. The molecule has 112 valence electrons. The number of nitrogens with zero attached hydrogens (tertiary/aromatic N) is 1. The van der Waals surface area contributed by atoms with Crippen molar-refractivity contribution >= 4 is 11.9 Å². The summed E-state index contributed by atoms with van der Waals surface area (Å²) in [5.41, 5.74) is 0. The summed E-state index contributed by atoms with van der Waals surface area (Å²) in [6.07, 6.45) is 7.43. The quantitative estimate of drug-likeness (QED) is 0.465. The van der Waals surface area contributed by atoms with E-state index in [1.54, 1.807) is 6.92 Å². The van der Waals surface area contributed by atoms with Gasteiger partial charge in [-0.05, 0) is 12.8 Å². The number of carboxylic acids is 1. The van der Waals surface area contributed by atoms with Gasteiger partial charge in [-0.1, -0.05) is 13.8 Å². The molecule has 0 aliphatic heterocycles. The molecular formula is C14H24N3O3+. The first kappa shape index (κ1) is 16.2. The van der Waals surface area contributed by atoms with E-state index in [0.29, 0.717) is 19.4 Å². The fourth-order valence-corrected chi connectivity index (χ4v) is 2.08. The predicted octanol–water partition coefficient (Wildman–Crippen LogP) is 0.946. The van der Waals surface area contributed by atoms with Gasteiger partial charge in [0.05, 0.1) is 12.5 Å². The monoisotopic (exact) mass is 282 g/mol. The Morgan fingerprint density at radius 3 is 2.75 bits per heavy atom. The smallest absolute Gasteiger partial charge is 0.306 e. The summed E-state index contributed by atoms with van der Waals surface area (Å²) in [5.74, 6) is -1.60. The zero-order chi connectivity index (χ0) is 15.0. The summed E-state index contributed by atoms with van der Waals surface area (Å²) in [6, 6.07) is 0. The number of nitrogens with one attached hydrogen (secondary N) is 2. The molecule has 0 fully saturated rings. The van der Waals surface area contributed by atoms with Gasteiger partial charge >= 0.3 is 5.97 Å². The standard InChI is InChI=1S/C14H23N3O3/c1-3-12(14(19)20)9-11(2)13(18)16-5-4-7-17-8-6-15-10-17/h6,8,10-12H,3-5,7,9H2,1-2H3,(H2,16,18,19,20)/p+1. The van der Waals surface area contributed by atoms with Gasteiger partial charge in [0.25, 0.3) is 0 Å². The summed E-state index contributed by atoms with van der Waals surface area (Å²) < 4.78 is 2.01. The summed E-state index contributed by atoms with van der Waals surface area (Å²) in [6.45, 7) is 5.05. The topological polar surface area (TPSA) is 86.1 Å². The van der Waals surface area contributed by atoms with Crippen LogP contribution in [0.1, 0.15) is 33.1 Å².